The number of phenols is 2. The summed E-state index contributed by atoms with van der Waals surface area (Å²) in [5, 5.41) is 30.2. The summed E-state index contributed by atoms with van der Waals surface area (Å²) in [6.45, 7) is 5.88. The molecule has 0 fully saturated rings. The summed E-state index contributed by atoms with van der Waals surface area (Å²) in [5.74, 6) is -2.18. The highest BCUT2D eigenvalue weighted by Crippen LogP contribution is 2.26. The molecular weight excluding hydrogens is 274 g/mol. The first kappa shape index (κ1) is 16.8. The molecule has 0 spiro atoms. The third-order valence-corrected chi connectivity index (χ3v) is 2.85. The number of nitrogens with one attached hydrogen (secondary N) is 1. The number of benzene rings is 1. The number of carboxylic acids is 1. The van der Waals surface area contributed by atoms with E-state index in [0.717, 1.165) is 6.07 Å². The molecule has 0 saturated carbocycles. The summed E-state index contributed by atoms with van der Waals surface area (Å²) in [6.07, 6.45) is 0.335. The molecule has 1 aromatic rings. The molecule has 0 aliphatic heterocycles. The molecular formula is C15H21NO5. The van der Waals surface area contributed by atoms with Gasteiger partial charge in [-0.2, -0.15) is 0 Å². The summed E-state index contributed by atoms with van der Waals surface area (Å²) in [7, 11) is 0. The Morgan fingerprint density at radius 1 is 1.19 bits per heavy atom. The van der Waals surface area contributed by atoms with Crippen molar-refractivity contribution in [3.8, 4) is 11.5 Å². The fourth-order valence-corrected chi connectivity index (χ4v) is 2.06. The zero-order valence-corrected chi connectivity index (χ0v) is 12.4. The summed E-state index contributed by atoms with van der Waals surface area (Å²) in [6, 6.07) is 3.20. The average molecular weight is 295 g/mol. The second-order valence-electron chi connectivity index (χ2n) is 6.24. The number of carbonyl (C=O) groups is 2. The van der Waals surface area contributed by atoms with Gasteiger partial charge in [-0.15, -0.1) is 0 Å². The van der Waals surface area contributed by atoms with E-state index in [9.17, 15) is 19.8 Å². The van der Waals surface area contributed by atoms with E-state index in [4.69, 9.17) is 5.11 Å². The van der Waals surface area contributed by atoms with Gasteiger partial charge in [0.05, 0.1) is 6.42 Å². The van der Waals surface area contributed by atoms with Crippen LogP contribution in [0.5, 0.6) is 11.5 Å². The Balaban J connectivity index is 2.83. The largest absolute Gasteiger partial charge is 0.504 e. The number of aromatic hydroxyl groups is 2. The number of aliphatic carboxylic acids is 1. The van der Waals surface area contributed by atoms with E-state index in [2.05, 4.69) is 5.32 Å². The second-order valence-corrected chi connectivity index (χ2v) is 6.24. The van der Waals surface area contributed by atoms with Crippen molar-refractivity contribution in [2.24, 2.45) is 5.41 Å². The first-order valence-electron chi connectivity index (χ1n) is 6.63. The van der Waals surface area contributed by atoms with Crippen LogP contribution in [0, 0.1) is 5.41 Å². The quantitative estimate of drug-likeness (QED) is 0.622. The van der Waals surface area contributed by atoms with E-state index in [1.807, 2.05) is 20.8 Å². The fraction of sp³-hybridized carbons (Fsp3) is 0.467. The van der Waals surface area contributed by atoms with Crippen molar-refractivity contribution in [3.63, 3.8) is 0 Å². The van der Waals surface area contributed by atoms with Crippen LogP contribution < -0.4 is 5.32 Å². The molecule has 0 saturated heterocycles. The summed E-state index contributed by atoms with van der Waals surface area (Å²) < 4.78 is 0. The minimum atomic E-state index is -0.988. The van der Waals surface area contributed by atoms with Gasteiger partial charge in [0.1, 0.15) is 0 Å². The highest BCUT2D eigenvalue weighted by molar-refractivity contribution is 5.95. The lowest BCUT2D eigenvalue weighted by Gasteiger charge is -2.25. The molecule has 0 aliphatic carbocycles. The lowest BCUT2D eigenvalue weighted by molar-refractivity contribution is -0.137. The highest BCUT2D eigenvalue weighted by Gasteiger charge is 2.23. The molecule has 6 nitrogen and oxygen atoms in total. The Bertz CT molecular complexity index is 533. The van der Waals surface area contributed by atoms with Crippen molar-refractivity contribution in [2.75, 3.05) is 0 Å². The van der Waals surface area contributed by atoms with Crippen molar-refractivity contribution >= 4 is 11.9 Å². The maximum Gasteiger partial charge on any atom is 0.305 e. The maximum atomic E-state index is 12.1. The van der Waals surface area contributed by atoms with Crippen molar-refractivity contribution in [1.29, 1.82) is 0 Å². The van der Waals surface area contributed by atoms with Crippen LogP contribution in [0.4, 0.5) is 0 Å². The lowest BCUT2D eigenvalue weighted by Crippen LogP contribution is -2.39. The first-order chi connectivity index (χ1) is 9.58. The number of amides is 1. The van der Waals surface area contributed by atoms with Gasteiger partial charge in [-0.1, -0.05) is 20.8 Å². The van der Waals surface area contributed by atoms with E-state index in [-0.39, 0.29) is 23.1 Å². The number of phenolic OH excluding ortho intramolecular Hbond substituents is 2. The predicted molar refractivity (Wildman–Crippen MR) is 77.4 cm³/mol. The number of carboxylic acid groups (broad SMARTS) is 1. The van der Waals surface area contributed by atoms with E-state index in [1.54, 1.807) is 0 Å². The first-order valence-corrected chi connectivity index (χ1v) is 6.63. The van der Waals surface area contributed by atoms with E-state index in [1.165, 1.54) is 12.1 Å². The van der Waals surface area contributed by atoms with Gasteiger partial charge in [-0.3, -0.25) is 9.59 Å². The van der Waals surface area contributed by atoms with Crippen LogP contribution in [0.15, 0.2) is 18.2 Å². The molecule has 6 heteroatoms. The number of rotatable bonds is 5. The van der Waals surface area contributed by atoms with Crippen LogP contribution in [-0.4, -0.2) is 33.2 Å². The summed E-state index contributed by atoms with van der Waals surface area (Å²) in [4.78, 5) is 23.0. The van der Waals surface area contributed by atoms with Crippen molar-refractivity contribution in [1.82, 2.24) is 5.32 Å². The third-order valence-electron chi connectivity index (χ3n) is 2.85. The van der Waals surface area contributed by atoms with Gasteiger partial charge in [0.15, 0.2) is 11.5 Å². The van der Waals surface area contributed by atoms with Gasteiger partial charge in [-0.25, -0.2) is 0 Å². The molecule has 1 unspecified atom stereocenters. The predicted octanol–water partition coefficient (Wildman–Crippen LogP) is 2.11. The third kappa shape index (κ3) is 5.72. The van der Waals surface area contributed by atoms with Crippen molar-refractivity contribution in [3.05, 3.63) is 23.8 Å². The second kappa shape index (κ2) is 6.47. The zero-order chi connectivity index (χ0) is 16.2. The number of carbonyl (C=O) groups excluding carboxylic acids is 1. The van der Waals surface area contributed by atoms with E-state index < -0.39 is 23.7 Å². The Hall–Kier alpha value is -2.24. The Kier molecular flexibility index (Phi) is 5.18. The van der Waals surface area contributed by atoms with Gasteiger partial charge in [0.25, 0.3) is 5.91 Å². The zero-order valence-electron chi connectivity index (χ0n) is 12.4. The fourth-order valence-electron chi connectivity index (χ4n) is 2.06. The molecule has 0 aliphatic rings. The normalized spacial score (nSPS) is 12.7. The number of hydrogen-bond donors (Lipinski definition) is 4. The molecule has 1 aromatic carbocycles. The van der Waals surface area contributed by atoms with Crippen molar-refractivity contribution < 1.29 is 24.9 Å². The van der Waals surface area contributed by atoms with E-state index >= 15 is 0 Å². The monoisotopic (exact) mass is 295 g/mol. The SMILES string of the molecule is CC(C)(C)CC(CC(=O)O)NC(=O)c1ccc(O)c(O)c1. The van der Waals surface area contributed by atoms with Gasteiger partial charge in [0, 0.05) is 11.6 Å². The Labute approximate surface area is 123 Å². The molecule has 0 radical (unpaired) electrons. The van der Waals surface area contributed by atoms with Gasteiger partial charge >= 0.3 is 5.97 Å². The molecule has 0 bridgehead atoms. The number of hydrogen-bond acceptors (Lipinski definition) is 4. The van der Waals surface area contributed by atoms with E-state index in [0.29, 0.717) is 6.42 Å². The smallest absolute Gasteiger partial charge is 0.305 e. The van der Waals surface area contributed by atoms with Gasteiger partial charge < -0.3 is 20.6 Å². The standard InChI is InChI=1S/C15H21NO5/c1-15(2,3)8-10(7-13(19)20)16-14(21)9-4-5-11(17)12(18)6-9/h4-6,10,17-18H,7-8H2,1-3H3,(H,16,21)(H,19,20). The maximum absolute atomic E-state index is 12.1. The highest BCUT2D eigenvalue weighted by atomic mass is 16.4. The molecule has 4 N–H and O–H groups in total. The Morgan fingerprint density at radius 2 is 1.81 bits per heavy atom. The molecule has 1 amide bonds. The van der Waals surface area contributed by atoms with Crippen LogP contribution in [-0.2, 0) is 4.79 Å². The van der Waals surface area contributed by atoms with Gasteiger partial charge in [-0.05, 0) is 30.0 Å². The van der Waals surface area contributed by atoms with Crippen LogP contribution in [0.2, 0.25) is 0 Å². The van der Waals surface area contributed by atoms with Crippen LogP contribution >= 0.6 is 0 Å². The molecule has 1 atom stereocenters. The molecule has 21 heavy (non-hydrogen) atoms. The average Bonchev–Trinajstić information content (AvgIpc) is 2.29. The van der Waals surface area contributed by atoms with Crippen LogP contribution in [0.3, 0.4) is 0 Å². The van der Waals surface area contributed by atoms with Crippen LogP contribution in [0.1, 0.15) is 44.0 Å². The lowest BCUT2D eigenvalue weighted by atomic mass is 9.87. The van der Waals surface area contributed by atoms with Gasteiger partial charge in [0.2, 0.25) is 0 Å². The Morgan fingerprint density at radius 3 is 2.29 bits per heavy atom. The molecule has 116 valence electrons. The minimum absolute atomic E-state index is 0.134. The summed E-state index contributed by atoms with van der Waals surface area (Å²) in [5.41, 5.74) is 0.0272. The molecule has 1 rings (SSSR count). The van der Waals surface area contributed by atoms with Crippen molar-refractivity contribution in [2.45, 2.75) is 39.7 Å². The minimum Gasteiger partial charge on any atom is -0.504 e. The molecule has 0 aromatic heterocycles. The summed E-state index contributed by atoms with van der Waals surface area (Å²) >= 11 is 0. The molecule has 0 heterocycles. The van der Waals surface area contributed by atoms with Crippen LogP contribution in [0.25, 0.3) is 0 Å². The topological polar surface area (TPSA) is 107 Å².